The zero-order chi connectivity index (χ0) is 11.2. The van der Waals surface area contributed by atoms with Crippen LogP contribution in [0.2, 0.25) is 0 Å². The maximum Gasteiger partial charge on any atom is 0.324 e. The largest absolute Gasteiger partial charge is 0.480 e. The molecule has 0 aliphatic heterocycles. The zero-order valence-electron chi connectivity index (χ0n) is 7.63. The Morgan fingerprint density at radius 2 is 2.14 bits per heavy atom. The fraction of sp³-hybridized carbons (Fsp3) is 0.833. The summed E-state index contributed by atoms with van der Waals surface area (Å²) in [6.45, 7) is -0.825. The molecule has 0 aromatic carbocycles. The predicted octanol–water partition coefficient (Wildman–Crippen LogP) is -2.00. The van der Waals surface area contributed by atoms with Gasteiger partial charge in [0.15, 0.2) is 0 Å². The second-order valence-corrected chi connectivity index (χ2v) is 4.38. The van der Waals surface area contributed by atoms with Crippen molar-refractivity contribution in [1.29, 1.82) is 0 Å². The number of carboxylic acid groups (broad SMARTS) is 1. The number of aliphatic hydroxyl groups is 1. The smallest absolute Gasteiger partial charge is 0.324 e. The quantitative estimate of drug-likeness (QED) is 0.463. The van der Waals surface area contributed by atoms with Crippen molar-refractivity contribution < 1.29 is 28.2 Å². The van der Waals surface area contributed by atoms with E-state index in [1.54, 1.807) is 0 Å². The second kappa shape index (κ2) is 5.91. The fourth-order valence-electron chi connectivity index (χ4n) is 0.634. The van der Waals surface area contributed by atoms with Crippen molar-refractivity contribution in [2.24, 2.45) is 0 Å². The predicted molar refractivity (Wildman–Crippen MR) is 47.3 cm³/mol. The van der Waals surface area contributed by atoms with Crippen LogP contribution < -0.4 is 4.72 Å². The minimum Gasteiger partial charge on any atom is -0.480 e. The first-order valence-corrected chi connectivity index (χ1v) is 5.40. The molecular weight excluding hydrogens is 214 g/mol. The SMILES string of the molecule is COCCS(=O)(=O)N[C@@H](CO)C(=O)O. The van der Waals surface area contributed by atoms with Crippen molar-refractivity contribution >= 4 is 16.0 Å². The van der Waals surface area contributed by atoms with Crippen LogP contribution >= 0.6 is 0 Å². The number of hydrogen-bond acceptors (Lipinski definition) is 5. The Bertz CT molecular complexity index is 274. The number of aliphatic hydroxyl groups excluding tert-OH is 1. The number of carboxylic acids is 1. The van der Waals surface area contributed by atoms with Crippen molar-refractivity contribution in [3.8, 4) is 0 Å². The molecular formula is C6H13NO6S. The lowest BCUT2D eigenvalue weighted by molar-refractivity contribution is -0.139. The molecule has 0 unspecified atom stereocenters. The maximum atomic E-state index is 11.1. The van der Waals surface area contributed by atoms with Gasteiger partial charge in [-0.25, -0.2) is 8.42 Å². The molecule has 8 heteroatoms. The molecule has 0 aliphatic rings. The molecule has 0 saturated heterocycles. The lowest BCUT2D eigenvalue weighted by atomic mass is 10.3. The Morgan fingerprint density at radius 1 is 1.57 bits per heavy atom. The summed E-state index contributed by atoms with van der Waals surface area (Å²) in [6.07, 6.45) is 0. The summed E-state index contributed by atoms with van der Waals surface area (Å²) in [7, 11) is -2.39. The van der Waals surface area contributed by atoms with Crippen molar-refractivity contribution in [2.45, 2.75) is 6.04 Å². The van der Waals surface area contributed by atoms with Gasteiger partial charge in [0.2, 0.25) is 10.0 Å². The third-order valence-corrected chi connectivity index (χ3v) is 2.71. The van der Waals surface area contributed by atoms with Crippen LogP contribution in [0.25, 0.3) is 0 Å². The number of nitrogens with one attached hydrogen (secondary N) is 1. The van der Waals surface area contributed by atoms with Crippen molar-refractivity contribution in [1.82, 2.24) is 4.72 Å². The van der Waals surface area contributed by atoms with Crippen LogP contribution in [0, 0.1) is 0 Å². The molecule has 0 heterocycles. The highest BCUT2D eigenvalue weighted by Gasteiger charge is 2.22. The molecule has 0 aromatic rings. The zero-order valence-corrected chi connectivity index (χ0v) is 8.45. The summed E-state index contributed by atoms with van der Waals surface area (Å²) in [5, 5.41) is 17.0. The van der Waals surface area contributed by atoms with E-state index in [1.165, 1.54) is 7.11 Å². The molecule has 84 valence electrons. The van der Waals surface area contributed by atoms with E-state index in [2.05, 4.69) is 4.74 Å². The maximum absolute atomic E-state index is 11.1. The molecule has 0 aromatic heterocycles. The van der Waals surface area contributed by atoms with Gasteiger partial charge < -0.3 is 14.9 Å². The van der Waals surface area contributed by atoms with E-state index in [9.17, 15) is 13.2 Å². The summed E-state index contributed by atoms with van der Waals surface area (Å²) in [4.78, 5) is 10.4. The topological polar surface area (TPSA) is 113 Å². The molecule has 0 radical (unpaired) electrons. The van der Waals surface area contributed by atoms with Gasteiger partial charge in [-0.1, -0.05) is 0 Å². The van der Waals surface area contributed by atoms with Gasteiger partial charge in [-0.05, 0) is 0 Å². The lowest BCUT2D eigenvalue weighted by Gasteiger charge is -2.11. The standard InChI is InChI=1S/C6H13NO6S/c1-13-2-3-14(11,12)7-5(4-8)6(9)10/h5,7-8H,2-4H2,1H3,(H,9,10)/t5-/m0/s1. The van der Waals surface area contributed by atoms with Crippen LogP contribution in [0.5, 0.6) is 0 Å². The molecule has 0 bridgehead atoms. The third kappa shape index (κ3) is 5.12. The van der Waals surface area contributed by atoms with Crippen molar-refractivity contribution in [2.75, 3.05) is 26.1 Å². The minimum atomic E-state index is -3.72. The van der Waals surface area contributed by atoms with Crippen molar-refractivity contribution in [3.63, 3.8) is 0 Å². The second-order valence-electron chi connectivity index (χ2n) is 2.50. The number of aliphatic carboxylic acids is 1. The summed E-state index contributed by atoms with van der Waals surface area (Å²) in [5.41, 5.74) is 0. The first kappa shape index (κ1) is 13.3. The normalized spacial score (nSPS) is 13.9. The molecule has 0 aliphatic carbocycles. The Morgan fingerprint density at radius 3 is 2.50 bits per heavy atom. The molecule has 0 saturated carbocycles. The number of sulfonamides is 1. The lowest BCUT2D eigenvalue weighted by Crippen LogP contribution is -2.44. The molecule has 1 atom stereocenters. The number of hydrogen-bond donors (Lipinski definition) is 3. The molecule has 7 nitrogen and oxygen atoms in total. The van der Waals surface area contributed by atoms with Gasteiger partial charge in [-0.15, -0.1) is 0 Å². The van der Waals surface area contributed by atoms with Crippen LogP contribution in [-0.2, 0) is 19.6 Å². The summed E-state index contributed by atoms with van der Waals surface area (Å²) in [6, 6.07) is -1.50. The number of methoxy groups -OCH3 is 1. The van der Waals surface area contributed by atoms with E-state index in [-0.39, 0.29) is 12.4 Å². The summed E-state index contributed by atoms with van der Waals surface area (Å²) < 4.78 is 28.5. The molecule has 0 fully saturated rings. The fourth-order valence-corrected chi connectivity index (χ4v) is 1.75. The van der Waals surface area contributed by atoms with Crippen LogP contribution in [-0.4, -0.2) is 56.7 Å². The van der Waals surface area contributed by atoms with E-state index in [0.717, 1.165) is 0 Å². The van der Waals surface area contributed by atoms with Gasteiger partial charge in [-0.2, -0.15) is 4.72 Å². The van der Waals surface area contributed by atoms with Crippen molar-refractivity contribution in [3.05, 3.63) is 0 Å². The Kier molecular flexibility index (Phi) is 5.62. The summed E-state index contributed by atoms with van der Waals surface area (Å²) >= 11 is 0. The average molecular weight is 227 g/mol. The van der Waals surface area contributed by atoms with Crippen LogP contribution in [0.4, 0.5) is 0 Å². The van der Waals surface area contributed by atoms with Gasteiger partial charge in [0.1, 0.15) is 6.04 Å². The monoisotopic (exact) mass is 227 g/mol. The van der Waals surface area contributed by atoms with Gasteiger partial charge >= 0.3 is 5.97 Å². The molecule has 0 amide bonds. The molecule has 14 heavy (non-hydrogen) atoms. The van der Waals surface area contributed by atoms with Gasteiger partial charge in [-0.3, -0.25) is 4.79 Å². The van der Waals surface area contributed by atoms with Gasteiger partial charge in [0.25, 0.3) is 0 Å². The van der Waals surface area contributed by atoms with Gasteiger partial charge in [0, 0.05) is 7.11 Å². The Balaban J connectivity index is 4.26. The van der Waals surface area contributed by atoms with E-state index < -0.39 is 28.6 Å². The van der Waals surface area contributed by atoms with E-state index in [4.69, 9.17) is 10.2 Å². The van der Waals surface area contributed by atoms with Crippen LogP contribution in [0.1, 0.15) is 0 Å². The van der Waals surface area contributed by atoms with Gasteiger partial charge in [0.05, 0.1) is 19.0 Å². The van der Waals surface area contributed by atoms with E-state index in [0.29, 0.717) is 0 Å². The van der Waals surface area contributed by atoms with Crippen LogP contribution in [0.3, 0.4) is 0 Å². The third-order valence-electron chi connectivity index (χ3n) is 1.36. The minimum absolute atomic E-state index is 0.0346. The van der Waals surface area contributed by atoms with E-state index in [1.807, 2.05) is 4.72 Å². The Labute approximate surface area is 81.7 Å². The Hall–Kier alpha value is -0.700. The first-order chi connectivity index (χ1) is 6.43. The highest BCUT2D eigenvalue weighted by Crippen LogP contribution is 1.90. The summed E-state index contributed by atoms with van der Waals surface area (Å²) in [5.74, 6) is -1.76. The highest BCUT2D eigenvalue weighted by atomic mass is 32.2. The number of rotatable bonds is 7. The molecule has 3 N–H and O–H groups in total. The molecule has 0 spiro atoms. The number of carbonyl (C=O) groups is 1. The first-order valence-electron chi connectivity index (χ1n) is 3.75. The average Bonchev–Trinajstić information content (AvgIpc) is 2.10. The van der Waals surface area contributed by atoms with E-state index >= 15 is 0 Å². The highest BCUT2D eigenvalue weighted by molar-refractivity contribution is 7.89. The number of ether oxygens (including phenoxy) is 1. The molecule has 0 rings (SSSR count). The van der Waals surface area contributed by atoms with Crippen LogP contribution in [0.15, 0.2) is 0 Å².